The molecule has 328 valence electrons. The molecule has 1 aliphatic heterocycles. The van der Waals surface area contributed by atoms with Crippen molar-refractivity contribution in [2.75, 3.05) is 4.90 Å². The molecule has 3 nitrogen and oxygen atoms in total. The first-order valence-corrected chi connectivity index (χ1v) is 24.1. The first kappa shape index (κ1) is 39.9. The molecule has 2 heterocycles. The molecule has 70 heavy (non-hydrogen) atoms. The van der Waals surface area contributed by atoms with E-state index in [0.29, 0.717) is 0 Å². The van der Waals surface area contributed by atoms with Crippen LogP contribution in [0.1, 0.15) is 22.3 Å². The molecule has 0 unspecified atom stereocenters. The van der Waals surface area contributed by atoms with Gasteiger partial charge in [-0.3, -0.25) is 0 Å². The first-order valence-electron chi connectivity index (χ1n) is 24.1. The van der Waals surface area contributed by atoms with E-state index in [1.54, 1.807) is 0 Å². The van der Waals surface area contributed by atoms with Crippen molar-refractivity contribution in [3.05, 3.63) is 289 Å². The minimum Gasteiger partial charge on any atom is -0.457 e. The highest BCUT2D eigenvalue weighted by Gasteiger charge is 2.52. The number of nitrogens with zero attached hydrogens (tertiary/aromatic N) is 2. The number of hydrogen-bond acceptors (Lipinski definition) is 2. The van der Waals surface area contributed by atoms with Crippen LogP contribution in [0.25, 0.3) is 72.0 Å². The number of benzene rings is 11. The minimum absolute atomic E-state index is 0.590. The molecule has 1 aliphatic carbocycles. The molecule has 11 aromatic carbocycles. The molecule has 3 heteroatoms. The fourth-order valence-corrected chi connectivity index (χ4v) is 11.7. The Balaban J connectivity index is 0.955. The zero-order valence-electron chi connectivity index (χ0n) is 38.2. The van der Waals surface area contributed by atoms with Crippen molar-refractivity contribution >= 4 is 38.9 Å². The van der Waals surface area contributed by atoms with E-state index in [0.717, 1.165) is 62.0 Å². The van der Waals surface area contributed by atoms with Gasteiger partial charge in [-0.25, -0.2) is 0 Å². The Morgan fingerprint density at radius 3 is 1.47 bits per heavy atom. The van der Waals surface area contributed by atoms with Crippen LogP contribution in [0, 0.1) is 0 Å². The van der Waals surface area contributed by atoms with Crippen LogP contribution in [0.5, 0.6) is 11.5 Å². The third-order valence-electron chi connectivity index (χ3n) is 14.7. The Bertz CT molecular complexity index is 3840. The molecule has 1 aromatic heterocycles. The third kappa shape index (κ3) is 6.08. The molecule has 0 N–H and O–H groups in total. The highest BCUT2D eigenvalue weighted by molar-refractivity contribution is 6.10. The molecule has 0 fully saturated rings. The van der Waals surface area contributed by atoms with Crippen molar-refractivity contribution in [1.29, 1.82) is 0 Å². The second-order valence-corrected chi connectivity index (χ2v) is 18.4. The van der Waals surface area contributed by atoms with Gasteiger partial charge < -0.3 is 14.2 Å². The van der Waals surface area contributed by atoms with E-state index in [4.69, 9.17) is 4.74 Å². The van der Waals surface area contributed by atoms with Crippen LogP contribution in [0.3, 0.4) is 0 Å². The largest absolute Gasteiger partial charge is 0.457 e. The van der Waals surface area contributed by atoms with E-state index >= 15 is 0 Å². The summed E-state index contributed by atoms with van der Waals surface area (Å²) < 4.78 is 9.17. The smallest absolute Gasteiger partial charge is 0.132 e. The predicted octanol–water partition coefficient (Wildman–Crippen LogP) is 17.7. The zero-order chi connectivity index (χ0) is 46.2. The number of fused-ring (bicyclic) bond motifs is 12. The molecule has 0 atom stereocenters. The molecular formula is C67H44N2O. The molecular weight excluding hydrogens is 849 g/mol. The van der Waals surface area contributed by atoms with Crippen LogP contribution in [0.15, 0.2) is 267 Å². The van der Waals surface area contributed by atoms with Crippen LogP contribution in [-0.4, -0.2) is 4.57 Å². The van der Waals surface area contributed by atoms with Crippen molar-refractivity contribution in [3.8, 4) is 61.7 Å². The summed E-state index contributed by atoms with van der Waals surface area (Å²) in [7, 11) is 0. The Morgan fingerprint density at radius 2 is 0.800 bits per heavy atom. The average Bonchev–Trinajstić information content (AvgIpc) is 3.93. The van der Waals surface area contributed by atoms with Gasteiger partial charge in [0.25, 0.3) is 0 Å². The number of para-hydroxylation sites is 3. The summed E-state index contributed by atoms with van der Waals surface area (Å²) in [6.07, 6.45) is 0. The van der Waals surface area contributed by atoms with Gasteiger partial charge in [-0.15, -0.1) is 0 Å². The van der Waals surface area contributed by atoms with Crippen molar-refractivity contribution < 1.29 is 4.74 Å². The van der Waals surface area contributed by atoms with Gasteiger partial charge in [-0.1, -0.05) is 200 Å². The quantitative estimate of drug-likeness (QED) is 0.159. The van der Waals surface area contributed by atoms with Gasteiger partial charge in [0.15, 0.2) is 0 Å². The molecule has 14 rings (SSSR count). The highest BCUT2D eigenvalue weighted by atomic mass is 16.5. The lowest BCUT2D eigenvalue weighted by molar-refractivity contribution is 0.436. The normalized spacial score (nSPS) is 12.8. The van der Waals surface area contributed by atoms with Crippen LogP contribution < -0.4 is 9.64 Å². The zero-order valence-corrected chi connectivity index (χ0v) is 38.2. The fraction of sp³-hybridized carbons (Fsp3) is 0.0149. The maximum atomic E-state index is 6.71. The minimum atomic E-state index is -0.590. The fourth-order valence-electron chi connectivity index (χ4n) is 11.7. The molecule has 1 spiro atoms. The maximum absolute atomic E-state index is 6.71. The second-order valence-electron chi connectivity index (χ2n) is 18.4. The molecule has 0 bridgehead atoms. The van der Waals surface area contributed by atoms with Gasteiger partial charge >= 0.3 is 0 Å². The monoisotopic (exact) mass is 892 g/mol. The lowest BCUT2D eigenvalue weighted by Crippen LogP contribution is -2.32. The van der Waals surface area contributed by atoms with Crippen LogP contribution in [-0.2, 0) is 5.41 Å². The number of aromatic nitrogens is 1. The van der Waals surface area contributed by atoms with Gasteiger partial charge in [-0.05, 0) is 122 Å². The van der Waals surface area contributed by atoms with Crippen LogP contribution in [0.2, 0.25) is 0 Å². The van der Waals surface area contributed by atoms with E-state index in [1.165, 1.54) is 60.8 Å². The summed E-state index contributed by atoms with van der Waals surface area (Å²) in [6, 6.07) is 97.1. The molecule has 0 amide bonds. The van der Waals surface area contributed by atoms with E-state index in [1.807, 2.05) is 0 Å². The van der Waals surface area contributed by atoms with Gasteiger partial charge in [0.2, 0.25) is 0 Å². The first-order chi connectivity index (χ1) is 34.7. The summed E-state index contributed by atoms with van der Waals surface area (Å²) in [6.45, 7) is 0. The Morgan fingerprint density at radius 1 is 0.314 bits per heavy atom. The Labute approximate surface area is 407 Å². The molecule has 2 aliphatic rings. The Kier molecular flexibility index (Phi) is 9.11. The molecule has 0 radical (unpaired) electrons. The van der Waals surface area contributed by atoms with Gasteiger partial charge in [-0.2, -0.15) is 0 Å². The van der Waals surface area contributed by atoms with Crippen molar-refractivity contribution in [2.24, 2.45) is 0 Å². The third-order valence-corrected chi connectivity index (χ3v) is 14.7. The van der Waals surface area contributed by atoms with Crippen molar-refractivity contribution in [1.82, 2.24) is 4.57 Å². The van der Waals surface area contributed by atoms with Crippen molar-refractivity contribution in [2.45, 2.75) is 5.41 Å². The average molecular weight is 893 g/mol. The maximum Gasteiger partial charge on any atom is 0.132 e. The molecule has 12 aromatic rings. The number of ether oxygens (including phenoxy) is 1. The molecule has 0 saturated carbocycles. The van der Waals surface area contributed by atoms with Gasteiger partial charge in [0.1, 0.15) is 11.5 Å². The van der Waals surface area contributed by atoms with Gasteiger partial charge in [0.05, 0.1) is 16.4 Å². The second kappa shape index (κ2) is 16.0. The number of anilines is 3. The molecule has 0 saturated heterocycles. The summed E-state index contributed by atoms with van der Waals surface area (Å²) in [5.74, 6) is 1.78. The van der Waals surface area contributed by atoms with Crippen molar-refractivity contribution in [3.63, 3.8) is 0 Å². The topological polar surface area (TPSA) is 17.4 Å². The lowest BCUT2D eigenvalue weighted by Gasteiger charge is -2.40. The summed E-state index contributed by atoms with van der Waals surface area (Å²) in [4.78, 5) is 2.38. The van der Waals surface area contributed by atoms with E-state index in [-0.39, 0.29) is 0 Å². The van der Waals surface area contributed by atoms with Gasteiger partial charge in [0, 0.05) is 44.6 Å². The van der Waals surface area contributed by atoms with Crippen LogP contribution >= 0.6 is 0 Å². The SMILES string of the molecule is c1ccc(-c2ccc(N(c3ccc(-c4ccccc4)cc3)c3ccc4c5ccccc5n(-c5cccc(-c6cccc7c6C6(c8ccccc8Oc8ccccc86)c6ccccc6-7)c5)c4c3)cc2)cc1. The highest BCUT2D eigenvalue weighted by Crippen LogP contribution is 2.63. The van der Waals surface area contributed by atoms with E-state index < -0.39 is 5.41 Å². The summed E-state index contributed by atoms with van der Waals surface area (Å²) >= 11 is 0. The van der Waals surface area contributed by atoms with E-state index in [2.05, 4.69) is 276 Å². The summed E-state index contributed by atoms with van der Waals surface area (Å²) in [5.41, 5.74) is 20.6. The Hall–Kier alpha value is -9.18. The summed E-state index contributed by atoms with van der Waals surface area (Å²) in [5, 5.41) is 2.42. The standard InChI is InChI=1S/C67H44N2O/c1-3-17-45(18-4-1)47-33-37-50(38-34-47)68(51-39-35-48(36-40-51)46-19-5-2-6-20-46)53-41-42-57-56-24-8-12-30-62(56)69(63(57)44-53)52-22-15-21-49(43-52)54-25-16-26-58-55-23-7-9-27-59(55)67(66(54)58)60-28-10-13-31-64(60)70-65-32-14-11-29-61(65)67/h1-44H. The number of hydrogen-bond donors (Lipinski definition) is 0. The lowest BCUT2D eigenvalue weighted by atomic mass is 9.64. The van der Waals surface area contributed by atoms with Crippen LogP contribution in [0.4, 0.5) is 17.1 Å². The number of rotatable bonds is 7. The van der Waals surface area contributed by atoms with E-state index in [9.17, 15) is 0 Å². The predicted molar refractivity (Wildman–Crippen MR) is 289 cm³/mol.